The van der Waals surface area contributed by atoms with Gasteiger partial charge in [-0.15, -0.1) is 0 Å². The molecule has 1 fully saturated rings. The molecule has 0 radical (unpaired) electrons. The maximum absolute atomic E-state index is 5.96. The van der Waals surface area contributed by atoms with E-state index < -0.39 is 0 Å². The van der Waals surface area contributed by atoms with E-state index in [0.717, 1.165) is 42.0 Å². The lowest BCUT2D eigenvalue weighted by molar-refractivity contribution is 0.589. The van der Waals surface area contributed by atoms with Crippen LogP contribution in [-0.4, -0.2) is 26.2 Å². The highest BCUT2D eigenvalue weighted by Crippen LogP contribution is 2.26. The molecule has 0 unspecified atom stereocenters. The molecule has 76 valence electrons. The molecule has 2 rings (SSSR count). The largest absolute Gasteiger partial charge is 0.397 e. The highest BCUT2D eigenvalue weighted by atomic mass is 79.9. The zero-order chi connectivity index (χ0) is 9.97. The van der Waals surface area contributed by atoms with Crippen LogP contribution in [0.1, 0.15) is 0 Å². The normalized spacial score (nSPS) is 17.1. The van der Waals surface area contributed by atoms with Gasteiger partial charge in [0, 0.05) is 30.7 Å². The lowest BCUT2D eigenvalue weighted by Crippen LogP contribution is -2.43. The fourth-order valence-corrected chi connectivity index (χ4v) is 2.10. The van der Waals surface area contributed by atoms with E-state index in [2.05, 4.69) is 32.2 Å². The predicted molar refractivity (Wildman–Crippen MR) is 63.6 cm³/mol. The number of nitrogens with zero attached hydrogens (tertiary/aromatic N) is 1. The van der Waals surface area contributed by atoms with Crippen molar-refractivity contribution in [2.45, 2.75) is 0 Å². The Morgan fingerprint density at radius 2 is 2.00 bits per heavy atom. The fourth-order valence-electron chi connectivity index (χ4n) is 1.72. The molecule has 1 heterocycles. The standard InChI is InChI=1S/C10H14BrN3/c11-8-1-2-10(9(12)7-8)14-5-3-13-4-6-14/h1-2,7,13H,3-6,12H2. The van der Waals surface area contributed by atoms with Gasteiger partial charge in [-0.2, -0.15) is 0 Å². The molecule has 0 aliphatic carbocycles. The molecule has 0 saturated carbocycles. The summed E-state index contributed by atoms with van der Waals surface area (Å²) < 4.78 is 1.04. The summed E-state index contributed by atoms with van der Waals surface area (Å²) in [5.41, 5.74) is 7.96. The first kappa shape index (κ1) is 9.80. The zero-order valence-electron chi connectivity index (χ0n) is 7.96. The average molecular weight is 256 g/mol. The minimum absolute atomic E-state index is 0.848. The molecular weight excluding hydrogens is 242 g/mol. The molecule has 1 aliphatic heterocycles. The molecule has 3 N–H and O–H groups in total. The quantitative estimate of drug-likeness (QED) is 0.747. The van der Waals surface area contributed by atoms with Gasteiger partial charge < -0.3 is 16.0 Å². The van der Waals surface area contributed by atoms with Gasteiger partial charge in [-0.05, 0) is 18.2 Å². The zero-order valence-corrected chi connectivity index (χ0v) is 9.55. The summed E-state index contributed by atoms with van der Waals surface area (Å²) in [6, 6.07) is 6.07. The van der Waals surface area contributed by atoms with Crippen LogP contribution in [0.4, 0.5) is 11.4 Å². The number of nitrogen functional groups attached to an aromatic ring is 1. The van der Waals surface area contributed by atoms with Crippen LogP contribution in [-0.2, 0) is 0 Å². The average Bonchev–Trinajstić information content (AvgIpc) is 2.19. The molecule has 3 nitrogen and oxygen atoms in total. The summed E-state index contributed by atoms with van der Waals surface area (Å²) >= 11 is 3.41. The van der Waals surface area contributed by atoms with Crippen LogP contribution in [0.15, 0.2) is 22.7 Å². The molecule has 0 aromatic heterocycles. The van der Waals surface area contributed by atoms with E-state index in [0.29, 0.717) is 0 Å². The van der Waals surface area contributed by atoms with Crippen molar-refractivity contribution in [3.8, 4) is 0 Å². The number of benzene rings is 1. The summed E-state index contributed by atoms with van der Waals surface area (Å²) in [5.74, 6) is 0. The Morgan fingerprint density at radius 1 is 1.29 bits per heavy atom. The van der Waals surface area contributed by atoms with Crippen molar-refractivity contribution in [1.29, 1.82) is 0 Å². The summed E-state index contributed by atoms with van der Waals surface area (Å²) in [6.45, 7) is 4.14. The summed E-state index contributed by atoms with van der Waals surface area (Å²) in [4.78, 5) is 2.32. The monoisotopic (exact) mass is 255 g/mol. The third-order valence-corrected chi connectivity index (χ3v) is 2.94. The van der Waals surface area contributed by atoms with E-state index in [-0.39, 0.29) is 0 Å². The lowest BCUT2D eigenvalue weighted by atomic mass is 10.2. The molecule has 1 aromatic carbocycles. The van der Waals surface area contributed by atoms with E-state index >= 15 is 0 Å². The van der Waals surface area contributed by atoms with Gasteiger partial charge in [0.05, 0.1) is 11.4 Å². The second-order valence-corrected chi connectivity index (χ2v) is 4.36. The Kier molecular flexibility index (Phi) is 2.93. The lowest BCUT2D eigenvalue weighted by Gasteiger charge is -2.30. The number of halogens is 1. The topological polar surface area (TPSA) is 41.3 Å². The molecule has 1 aromatic rings. The molecular formula is C10H14BrN3. The maximum atomic E-state index is 5.96. The van der Waals surface area contributed by atoms with E-state index in [4.69, 9.17) is 5.73 Å². The molecule has 0 atom stereocenters. The SMILES string of the molecule is Nc1cc(Br)ccc1N1CCNCC1. The Morgan fingerprint density at radius 3 is 2.64 bits per heavy atom. The van der Waals surface area contributed by atoms with Crippen molar-refractivity contribution < 1.29 is 0 Å². The Bertz CT molecular complexity index is 321. The van der Waals surface area contributed by atoms with Gasteiger partial charge in [0.2, 0.25) is 0 Å². The Hall–Kier alpha value is -0.740. The second-order valence-electron chi connectivity index (χ2n) is 3.44. The van der Waals surface area contributed by atoms with Gasteiger partial charge in [-0.3, -0.25) is 0 Å². The first-order valence-corrected chi connectivity index (χ1v) is 5.57. The molecule has 1 aliphatic rings. The maximum Gasteiger partial charge on any atom is 0.0601 e. The number of nitrogens with one attached hydrogen (secondary N) is 1. The summed E-state index contributed by atoms with van der Waals surface area (Å²) in [6.07, 6.45) is 0. The van der Waals surface area contributed by atoms with Gasteiger partial charge in [0.1, 0.15) is 0 Å². The first-order valence-electron chi connectivity index (χ1n) is 4.78. The molecule has 4 heteroatoms. The number of rotatable bonds is 1. The highest BCUT2D eigenvalue weighted by Gasteiger charge is 2.12. The van der Waals surface area contributed by atoms with E-state index in [1.54, 1.807) is 0 Å². The van der Waals surface area contributed by atoms with Gasteiger partial charge in [0.15, 0.2) is 0 Å². The Balaban J connectivity index is 2.22. The second kappa shape index (κ2) is 4.19. The van der Waals surface area contributed by atoms with Crippen molar-refractivity contribution >= 4 is 27.3 Å². The van der Waals surface area contributed by atoms with E-state index in [1.165, 1.54) is 0 Å². The van der Waals surface area contributed by atoms with Gasteiger partial charge in [-0.25, -0.2) is 0 Å². The van der Waals surface area contributed by atoms with E-state index in [9.17, 15) is 0 Å². The van der Waals surface area contributed by atoms with E-state index in [1.807, 2.05) is 12.1 Å². The van der Waals surface area contributed by atoms with Crippen molar-refractivity contribution in [2.24, 2.45) is 0 Å². The summed E-state index contributed by atoms with van der Waals surface area (Å²) in [5, 5.41) is 3.32. The minimum atomic E-state index is 0.848. The molecule has 0 spiro atoms. The smallest absolute Gasteiger partial charge is 0.0601 e. The van der Waals surface area contributed by atoms with Crippen LogP contribution in [0, 0.1) is 0 Å². The fraction of sp³-hybridized carbons (Fsp3) is 0.400. The molecule has 0 bridgehead atoms. The molecule has 14 heavy (non-hydrogen) atoms. The van der Waals surface area contributed by atoms with Crippen LogP contribution < -0.4 is 16.0 Å². The number of hydrogen-bond donors (Lipinski definition) is 2. The molecule has 0 amide bonds. The third-order valence-electron chi connectivity index (χ3n) is 2.45. The van der Waals surface area contributed by atoms with Crippen molar-refractivity contribution in [2.75, 3.05) is 36.8 Å². The summed E-state index contributed by atoms with van der Waals surface area (Å²) in [7, 11) is 0. The van der Waals surface area contributed by atoms with Gasteiger partial charge in [-0.1, -0.05) is 15.9 Å². The first-order chi connectivity index (χ1) is 6.77. The van der Waals surface area contributed by atoms with Crippen LogP contribution in [0.25, 0.3) is 0 Å². The van der Waals surface area contributed by atoms with Gasteiger partial charge in [0.25, 0.3) is 0 Å². The van der Waals surface area contributed by atoms with Crippen LogP contribution in [0.2, 0.25) is 0 Å². The number of anilines is 2. The number of piperazine rings is 1. The van der Waals surface area contributed by atoms with Gasteiger partial charge >= 0.3 is 0 Å². The van der Waals surface area contributed by atoms with Crippen molar-refractivity contribution in [1.82, 2.24) is 5.32 Å². The minimum Gasteiger partial charge on any atom is -0.397 e. The molecule has 1 saturated heterocycles. The third kappa shape index (κ3) is 2.01. The number of hydrogen-bond acceptors (Lipinski definition) is 3. The van der Waals surface area contributed by atoms with Crippen LogP contribution in [0.5, 0.6) is 0 Å². The highest BCUT2D eigenvalue weighted by molar-refractivity contribution is 9.10. The number of nitrogens with two attached hydrogens (primary N) is 1. The van der Waals surface area contributed by atoms with Crippen molar-refractivity contribution in [3.63, 3.8) is 0 Å². The van der Waals surface area contributed by atoms with Crippen LogP contribution >= 0.6 is 15.9 Å². The predicted octanol–water partition coefficient (Wildman–Crippen LogP) is 1.44. The van der Waals surface area contributed by atoms with Crippen molar-refractivity contribution in [3.05, 3.63) is 22.7 Å². The van der Waals surface area contributed by atoms with Crippen LogP contribution in [0.3, 0.4) is 0 Å². The Labute approximate surface area is 92.4 Å².